The summed E-state index contributed by atoms with van der Waals surface area (Å²) in [6.07, 6.45) is 12.6. The third kappa shape index (κ3) is 10.4. The van der Waals surface area contributed by atoms with Gasteiger partial charge in [-0.3, -0.25) is 14.7 Å². The molecule has 1 spiro atoms. The number of ether oxygens (including phenoxy) is 1. The number of carbonyl (C=O) groups excluding carboxylic acids is 1. The minimum absolute atomic E-state index is 0.0269. The highest BCUT2D eigenvalue weighted by Gasteiger charge is 2.52. The van der Waals surface area contributed by atoms with Gasteiger partial charge in [0.05, 0.1) is 41.5 Å². The maximum absolute atomic E-state index is 14.8. The van der Waals surface area contributed by atoms with Gasteiger partial charge in [-0.15, -0.1) is 0 Å². The van der Waals surface area contributed by atoms with Crippen molar-refractivity contribution in [3.63, 3.8) is 0 Å². The number of pyridine rings is 2. The number of halogens is 1. The van der Waals surface area contributed by atoms with E-state index in [1.165, 1.54) is 48.6 Å². The molecule has 10 rings (SSSR count). The van der Waals surface area contributed by atoms with Crippen LogP contribution in [0.3, 0.4) is 0 Å². The molecule has 6 aliphatic rings. The number of amides is 1. The van der Waals surface area contributed by atoms with Gasteiger partial charge in [0.15, 0.2) is 11.5 Å². The van der Waals surface area contributed by atoms with E-state index < -0.39 is 42.4 Å². The zero-order valence-corrected chi connectivity index (χ0v) is 43.2. The molecule has 2 aromatic carbocycles. The van der Waals surface area contributed by atoms with E-state index in [2.05, 4.69) is 67.9 Å². The Morgan fingerprint density at radius 3 is 2.40 bits per heavy atom. The van der Waals surface area contributed by atoms with E-state index in [1.807, 2.05) is 6.92 Å². The number of piperazine rings is 1. The summed E-state index contributed by atoms with van der Waals surface area (Å²) in [6.45, 7) is 9.83. The van der Waals surface area contributed by atoms with Crippen LogP contribution in [0, 0.1) is 16.5 Å². The molecule has 4 aliphatic carbocycles. The topological polar surface area (TPSA) is 202 Å². The Morgan fingerprint density at radius 1 is 0.958 bits per heavy atom. The lowest BCUT2D eigenvalue weighted by molar-refractivity contribution is -0.751. The number of sulfonamides is 2. The highest BCUT2D eigenvalue weighted by atomic mass is 32.2. The molecule has 1 unspecified atom stereocenters. The summed E-state index contributed by atoms with van der Waals surface area (Å²) < 4.78 is 79.8. The summed E-state index contributed by atoms with van der Waals surface area (Å²) in [4.78, 5) is 27.3. The lowest BCUT2D eigenvalue weighted by Gasteiger charge is -2.58. The first-order chi connectivity index (χ1) is 34.3. The Labute approximate surface area is 422 Å². The van der Waals surface area contributed by atoms with Gasteiger partial charge in [0.25, 0.3) is 15.9 Å². The number of carbonyl (C=O) groups is 1. The third-order valence-corrected chi connectivity index (χ3v) is 20.0. The number of hydroxylamine groups is 1. The van der Waals surface area contributed by atoms with E-state index in [4.69, 9.17) is 4.74 Å². The zero-order chi connectivity index (χ0) is 50.7. The predicted molar refractivity (Wildman–Crippen MR) is 274 cm³/mol. The molecule has 0 bridgehead atoms. The van der Waals surface area contributed by atoms with Crippen LogP contribution < -0.4 is 24.7 Å². The molecule has 4 N–H and O–H groups in total. The normalized spacial score (nSPS) is 24.4. The van der Waals surface area contributed by atoms with Crippen LogP contribution in [-0.2, 0) is 26.5 Å². The van der Waals surface area contributed by atoms with Crippen LogP contribution in [0.4, 0.5) is 21.6 Å². The van der Waals surface area contributed by atoms with E-state index in [1.54, 1.807) is 16.4 Å². The molecule has 4 aromatic rings. The average Bonchev–Trinajstić information content (AvgIpc) is 4.16. The summed E-state index contributed by atoms with van der Waals surface area (Å²) in [5, 5.41) is 25.7. The smallest absolute Gasteiger partial charge is 0.268 e. The first-order valence-electron chi connectivity index (χ1n) is 25.6. The summed E-state index contributed by atoms with van der Waals surface area (Å²) in [5.41, 5.74) is 3.50. The maximum Gasteiger partial charge on any atom is 0.268 e. The Kier molecular flexibility index (Phi) is 13.8. The second-order valence-electron chi connectivity index (χ2n) is 21.8. The number of allylic oxidation sites excluding steroid dienone is 1. The lowest BCUT2D eigenvalue weighted by atomic mass is 9.59. The van der Waals surface area contributed by atoms with Gasteiger partial charge in [-0.1, -0.05) is 38.1 Å². The standard InChI is InChI=1S/C53H67FN8O8S2/c1-34(2)41-7-5-6-8-42(41)48-33-61(72(68,69)39-10-11-39)23-24-62(48)37-28-53(29-37)19-21-60(22-20-53)36-9-12-43(49(25-36)70-38-26-44-45(54)13-14-46(44)55-31-38)51(63)58-71(66,67)40-27-47(59(4)65)50(57-32-40)56-30-35-15-17-52(3,64)18-16-35/h5-9,12-13,25-27,31-32,34-35,37,39,48,59,64H,10-11,14-24,28-30,33H2,1-4H3,(H,56,57)(H,58,63)/t35-,48-,52-/m0/s1. The van der Waals surface area contributed by atoms with Crippen molar-refractivity contribution in [1.29, 1.82) is 0 Å². The van der Waals surface area contributed by atoms with Gasteiger partial charge in [-0.25, -0.2) is 30.9 Å². The molecule has 19 heteroatoms. The van der Waals surface area contributed by atoms with Crippen molar-refractivity contribution in [3.05, 3.63) is 106 Å². The monoisotopic (exact) mass is 1030 g/mol. The zero-order valence-electron chi connectivity index (χ0n) is 41.6. The van der Waals surface area contributed by atoms with Gasteiger partial charge in [-0.05, 0) is 124 Å². The minimum atomic E-state index is -4.56. The molecule has 0 radical (unpaired) electrons. The number of quaternary nitrogens is 1. The summed E-state index contributed by atoms with van der Waals surface area (Å²) in [7, 11) is -6.56. The summed E-state index contributed by atoms with van der Waals surface area (Å²) in [6, 6.07) is 16.5. The van der Waals surface area contributed by atoms with Crippen LogP contribution in [-0.4, -0.2) is 110 Å². The Hall–Kier alpha value is -5.02. The molecule has 2 aromatic heterocycles. The van der Waals surface area contributed by atoms with Crippen LogP contribution in [0.15, 0.2) is 78.0 Å². The fourth-order valence-electron chi connectivity index (χ4n) is 11.7. The molecule has 3 saturated carbocycles. The number of aromatic nitrogens is 2. The van der Waals surface area contributed by atoms with Crippen LogP contribution in [0.1, 0.15) is 130 Å². The number of aliphatic hydroxyl groups is 1. The lowest BCUT2D eigenvalue weighted by Crippen LogP contribution is -2.98. The molecule has 386 valence electrons. The Bertz CT molecular complexity index is 2960. The van der Waals surface area contributed by atoms with Crippen molar-refractivity contribution in [3.8, 4) is 11.5 Å². The fourth-order valence-corrected chi connectivity index (χ4v) is 14.5. The summed E-state index contributed by atoms with van der Waals surface area (Å²) >= 11 is 0. The van der Waals surface area contributed by atoms with Crippen molar-refractivity contribution >= 4 is 49.0 Å². The molecular weight excluding hydrogens is 960 g/mol. The maximum atomic E-state index is 14.8. The van der Waals surface area contributed by atoms with E-state index >= 15 is 0 Å². The van der Waals surface area contributed by atoms with Gasteiger partial charge >= 0.3 is 0 Å². The van der Waals surface area contributed by atoms with Crippen molar-refractivity contribution in [2.45, 2.75) is 125 Å². The number of piperidine rings is 1. The second-order valence-corrected chi connectivity index (χ2v) is 25.7. The van der Waals surface area contributed by atoms with Crippen LogP contribution in [0.25, 0.3) is 5.83 Å². The van der Waals surface area contributed by atoms with Gasteiger partial charge in [0, 0.05) is 81.2 Å². The number of fused-ring (bicyclic) bond motifs is 1. The Balaban J connectivity index is 0.844. The van der Waals surface area contributed by atoms with Gasteiger partial charge < -0.3 is 30.3 Å². The van der Waals surface area contributed by atoms with Crippen LogP contribution in [0.2, 0.25) is 0 Å². The largest absolute Gasteiger partial charge is 0.629 e. The number of nitrogens with zero attached hydrogens (tertiary/aromatic N) is 5. The first kappa shape index (κ1) is 50.5. The van der Waals surface area contributed by atoms with Crippen LogP contribution in [0.5, 0.6) is 11.5 Å². The molecule has 2 atom stereocenters. The molecule has 4 heterocycles. The number of anilines is 2. The second kappa shape index (κ2) is 19.7. The third-order valence-electron chi connectivity index (χ3n) is 16.3. The molecule has 16 nitrogen and oxygen atoms in total. The predicted octanol–water partition coefficient (Wildman–Crippen LogP) is 6.97. The van der Waals surface area contributed by atoms with E-state index in [-0.39, 0.29) is 61.7 Å². The van der Waals surface area contributed by atoms with Crippen molar-refractivity contribution in [2.75, 3.05) is 56.5 Å². The summed E-state index contributed by atoms with van der Waals surface area (Å²) in [5.74, 6) is -0.402. The van der Waals surface area contributed by atoms with Crippen molar-refractivity contribution < 1.29 is 40.9 Å². The SMILES string of the molecule is CC(C)c1ccccc1[C@@H]1CN(S(=O)(=O)C2CC2)CCN1C1CC2(CCN(c3ccc(C(=O)NS(=O)(=O)c4cnc(NC[C@H]5CC[C@](C)(O)CC5)c([NH+](C)[O-])c4)c(Oc4cnc5c(c4)C(F)=CC5)c3)CC2)C1. The van der Waals surface area contributed by atoms with E-state index in [9.17, 15) is 36.3 Å². The molecule has 2 aliphatic heterocycles. The number of benzene rings is 2. The number of nitrogens with one attached hydrogen (secondary N) is 3. The molecular formula is C53H67FN8O8S2. The average molecular weight is 1030 g/mol. The quantitative estimate of drug-likeness (QED) is 0.0891. The highest BCUT2D eigenvalue weighted by molar-refractivity contribution is 7.90. The van der Waals surface area contributed by atoms with E-state index in [0.29, 0.717) is 63.1 Å². The van der Waals surface area contributed by atoms with Gasteiger partial charge in [-0.2, -0.15) is 4.31 Å². The van der Waals surface area contributed by atoms with Gasteiger partial charge in [0.2, 0.25) is 10.0 Å². The molecule has 72 heavy (non-hydrogen) atoms. The van der Waals surface area contributed by atoms with Crippen molar-refractivity contribution in [1.82, 2.24) is 23.9 Å². The fraction of sp³-hybridized carbons (Fsp3) is 0.528. The first-order valence-corrected chi connectivity index (χ1v) is 28.6. The molecule has 2 saturated heterocycles. The highest BCUT2D eigenvalue weighted by Crippen LogP contribution is 2.54. The molecule has 5 fully saturated rings. The van der Waals surface area contributed by atoms with Gasteiger partial charge in [0.1, 0.15) is 22.2 Å². The van der Waals surface area contributed by atoms with Crippen LogP contribution >= 0.6 is 0 Å². The van der Waals surface area contributed by atoms with E-state index in [0.717, 1.165) is 76.3 Å². The number of hydrogen-bond acceptors (Lipinski definition) is 13. The Morgan fingerprint density at radius 2 is 1.69 bits per heavy atom. The molecule has 1 amide bonds. The number of rotatable bonds is 15. The van der Waals surface area contributed by atoms with Crippen molar-refractivity contribution in [2.24, 2.45) is 11.3 Å². The minimum Gasteiger partial charge on any atom is -0.629 e. The number of hydrogen-bond donors (Lipinski definition) is 4.